The predicted octanol–water partition coefficient (Wildman–Crippen LogP) is 3.63. The molecule has 1 heterocycles. The van der Waals surface area contributed by atoms with Crippen molar-refractivity contribution in [1.29, 1.82) is 5.26 Å². The smallest absolute Gasteiger partial charge is 0.341 e. The highest BCUT2D eigenvalue weighted by Crippen LogP contribution is 2.19. The minimum atomic E-state index is -1.28. The zero-order valence-corrected chi connectivity index (χ0v) is 16.7. The van der Waals surface area contributed by atoms with Gasteiger partial charge in [0.05, 0.1) is 30.3 Å². The van der Waals surface area contributed by atoms with Crippen LogP contribution in [0.5, 0.6) is 0 Å². The van der Waals surface area contributed by atoms with Crippen LogP contribution in [0.15, 0.2) is 48.7 Å². The maximum atomic E-state index is 13.9. The van der Waals surface area contributed by atoms with E-state index in [0.717, 1.165) is 12.1 Å². The van der Waals surface area contributed by atoms with Crippen molar-refractivity contribution >= 4 is 11.9 Å². The molecule has 7 nitrogen and oxygen atoms in total. The van der Waals surface area contributed by atoms with E-state index in [1.165, 1.54) is 23.0 Å². The number of rotatable bonds is 6. The highest BCUT2D eigenvalue weighted by Gasteiger charge is 2.20. The van der Waals surface area contributed by atoms with Gasteiger partial charge in [0.25, 0.3) is 5.91 Å². The van der Waals surface area contributed by atoms with E-state index in [4.69, 9.17) is 4.74 Å². The highest BCUT2D eigenvalue weighted by atomic mass is 19.1. The lowest BCUT2D eigenvalue weighted by Crippen LogP contribution is -2.28. The van der Waals surface area contributed by atoms with Crippen LogP contribution in [0.4, 0.5) is 8.78 Å². The number of carbonyl (C=O) groups excluding carboxylic acids is 2. The first-order valence-electron chi connectivity index (χ1n) is 9.33. The summed E-state index contributed by atoms with van der Waals surface area (Å²) in [7, 11) is 0. The molecule has 0 aliphatic heterocycles. The van der Waals surface area contributed by atoms with Gasteiger partial charge in [0.1, 0.15) is 23.2 Å². The fourth-order valence-corrected chi connectivity index (χ4v) is 2.96. The summed E-state index contributed by atoms with van der Waals surface area (Å²) in [6, 6.07) is 9.53. The molecule has 0 aliphatic rings. The van der Waals surface area contributed by atoms with Crippen LogP contribution in [-0.4, -0.2) is 28.3 Å². The molecule has 2 aromatic carbocycles. The molecule has 0 radical (unpaired) electrons. The fourth-order valence-electron chi connectivity index (χ4n) is 2.96. The summed E-state index contributed by atoms with van der Waals surface area (Å²) in [4.78, 5) is 24.4. The van der Waals surface area contributed by atoms with E-state index in [1.54, 1.807) is 32.0 Å². The number of carbonyl (C=O) groups is 2. The van der Waals surface area contributed by atoms with Crippen molar-refractivity contribution in [3.8, 4) is 11.8 Å². The topological polar surface area (TPSA) is 97.0 Å². The van der Waals surface area contributed by atoms with E-state index in [-0.39, 0.29) is 17.7 Å². The van der Waals surface area contributed by atoms with Gasteiger partial charge in [-0.05, 0) is 44.2 Å². The first-order valence-corrected chi connectivity index (χ1v) is 9.33. The second-order valence-corrected chi connectivity index (χ2v) is 6.52. The van der Waals surface area contributed by atoms with Gasteiger partial charge in [-0.3, -0.25) is 4.79 Å². The van der Waals surface area contributed by atoms with Gasteiger partial charge in [0.15, 0.2) is 0 Å². The number of ether oxygens (including phenoxy) is 1. The molecule has 3 aromatic rings. The van der Waals surface area contributed by atoms with Gasteiger partial charge < -0.3 is 10.1 Å². The zero-order chi connectivity index (χ0) is 22.5. The van der Waals surface area contributed by atoms with Gasteiger partial charge in [0.2, 0.25) is 0 Å². The first kappa shape index (κ1) is 21.6. The number of nitrogens with one attached hydrogen (secondary N) is 1. The number of hydrogen-bond acceptors (Lipinski definition) is 5. The summed E-state index contributed by atoms with van der Waals surface area (Å²) >= 11 is 0. The maximum Gasteiger partial charge on any atom is 0.341 e. The van der Waals surface area contributed by atoms with Crippen LogP contribution >= 0.6 is 0 Å². The van der Waals surface area contributed by atoms with Gasteiger partial charge in [-0.15, -0.1) is 0 Å². The molecule has 1 atom stereocenters. The van der Waals surface area contributed by atoms with Crippen LogP contribution in [0, 0.1) is 29.9 Å². The highest BCUT2D eigenvalue weighted by molar-refractivity contribution is 5.95. The van der Waals surface area contributed by atoms with E-state index >= 15 is 0 Å². The Hall–Kier alpha value is -4.06. The Morgan fingerprint density at radius 1 is 1.23 bits per heavy atom. The second kappa shape index (κ2) is 9.17. The lowest BCUT2D eigenvalue weighted by molar-refractivity contribution is 0.0525. The lowest BCUT2D eigenvalue weighted by atomic mass is 10.1. The molecule has 0 saturated heterocycles. The third-order valence-corrected chi connectivity index (χ3v) is 4.56. The molecular formula is C22H18F2N4O3. The van der Waals surface area contributed by atoms with Crippen molar-refractivity contribution in [3.05, 3.63) is 82.7 Å². The van der Waals surface area contributed by atoms with Crippen LogP contribution in [0.25, 0.3) is 5.69 Å². The first-order chi connectivity index (χ1) is 14.8. The van der Waals surface area contributed by atoms with Crippen LogP contribution in [0.2, 0.25) is 0 Å². The number of halogens is 2. The predicted molar refractivity (Wildman–Crippen MR) is 106 cm³/mol. The number of benzene rings is 2. The summed E-state index contributed by atoms with van der Waals surface area (Å²) in [6.45, 7) is 3.68. The van der Waals surface area contributed by atoms with Gasteiger partial charge >= 0.3 is 5.97 Å². The molecule has 1 N–H and O–H groups in total. The van der Waals surface area contributed by atoms with Crippen LogP contribution in [0.1, 0.15) is 44.9 Å². The molecule has 31 heavy (non-hydrogen) atoms. The Morgan fingerprint density at radius 2 is 1.94 bits per heavy atom. The van der Waals surface area contributed by atoms with Crippen molar-refractivity contribution in [2.24, 2.45) is 0 Å². The largest absolute Gasteiger partial charge is 0.462 e. The Bertz CT molecular complexity index is 1170. The van der Waals surface area contributed by atoms with Gasteiger partial charge in [-0.25, -0.2) is 18.3 Å². The normalized spacial score (nSPS) is 11.5. The second-order valence-electron chi connectivity index (χ2n) is 6.52. The zero-order valence-electron chi connectivity index (χ0n) is 16.7. The van der Waals surface area contributed by atoms with Gasteiger partial charge in [0, 0.05) is 17.2 Å². The molecule has 1 aromatic heterocycles. The summed E-state index contributed by atoms with van der Waals surface area (Å²) in [6.07, 6.45) is 1.41. The molecular weight excluding hydrogens is 406 g/mol. The third kappa shape index (κ3) is 4.59. The van der Waals surface area contributed by atoms with Gasteiger partial charge in [-0.1, -0.05) is 6.07 Å². The molecule has 0 aliphatic carbocycles. The Balaban J connectivity index is 1.78. The summed E-state index contributed by atoms with van der Waals surface area (Å²) in [5, 5.41) is 15.9. The molecule has 158 valence electrons. The number of nitriles is 1. The van der Waals surface area contributed by atoms with Crippen molar-refractivity contribution < 1.29 is 23.1 Å². The van der Waals surface area contributed by atoms with Crippen LogP contribution in [0.3, 0.4) is 0 Å². The standard InChI is InChI=1S/C22H18F2N4O3/c1-3-31-22(30)18-12-26-28(13(18)2)16-7-4-14(5-8-16)21(29)27-20(11-25)17-9-6-15(23)10-19(17)24/h4-10,12,20H,3H2,1-2H3,(H,27,29). The monoisotopic (exact) mass is 424 g/mol. The van der Waals surface area contributed by atoms with E-state index in [0.29, 0.717) is 23.0 Å². The summed E-state index contributed by atoms with van der Waals surface area (Å²) in [5.74, 6) is -2.78. The van der Waals surface area contributed by atoms with Crippen molar-refractivity contribution in [2.75, 3.05) is 6.61 Å². The number of amides is 1. The van der Waals surface area contributed by atoms with Crippen LogP contribution < -0.4 is 5.32 Å². The summed E-state index contributed by atoms with van der Waals surface area (Å²) in [5.41, 5.74) is 1.61. The summed E-state index contributed by atoms with van der Waals surface area (Å²) < 4.78 is 33.5. The molecule has 1 unspecified atom stereocenters. The third-order valence-electron chi connectivity index (χ3n) is 4.56. The van der Waals surface area contributed by atoms with E-state index in [2.05, 4.69) is 10.4 Å². The number of esters is 1. The lowest BCUT2D eigenvalue weighted by Gasteiger charge is -2.13. The molecule has 9 heteroatoms. The quantitative estimate of drug-likeness (QED) is 0.610. The molecule has 0 saturated carbocycles. The Morgan fingerprint density at radius 3 is 2.55 bits per heavy atom. The molecule has 0 bridgehead atoms. The number of aromatic nitrogens is 2. The maximum absolute atomic E-state index is 13.9. The molecule has 1 amide bonds. The SMILES string of the molecule is CCOC(=O)c1cnn(-c2ccc(C(=O)NC(C#N)c3ccc(F)cc3F)cc2)c1C. The van der Waals surface area contributed by atoms with Crippen molar-refractivity contribution in [3.63, 3.8) is 0 Å². The minimum absolute atomic E-state index is 0.132. The average molecular weight is 424 g/mol. The number of nitrogens with zero attached hydrogens (tertiary/aromatic N) is 3. The van der Waals surface area contributed by atoms with Crippen LogP contribution in [-0.2, 0) is 4.74 Å². The Labute approximate surface area is 176 Å². The van der Waals surface area contributed by atoms with E-state index in [9.17, 15) is 23.6 Å². The van der Waals surface area contributed by atoms with Crippen molar-refractivity contribution in [2.45, 2.75) is 19.9 Å². The molecule has 3 rings (SSSR count). The van der Waals surface area contributed by atoms with E-state index in [1.807, 2.05) is 0 Å². The average Bonchev–Trinajstić information content (AvgIpc) is 3.14. The Kier molecular flexibility index (Phi) is 6.40. The van der Waals surface area contributed by atoms with E-state index < -0.39 is 29.6 Å². The minimum Gasteiger partial charge on any atom is -0.462 e. The molecule has 0 spiro atoms. The molecule has 0 fully saturated rings. The number of hydrogen-bond donors (Lipinski definition) is 1. The fraction of sp³-hybridized carbons (Fsp3) is 0.182. The van der Waals surface area contributed by atoms with Crippen molar-refractivity contribution in [1.82, 2.24) is 15.1 Å². The van der Waals surface area contributed by atoms with Gasteiger partial charge in [-0.2, -0.15) is 10.4 Å².